The quantitative estimate of drug-likeness (QED) is 0.604. The van der Waals surface area contributed by atoms with Crippen LogP contribution < -0.4 is 4.74 Å². The maximum absolute atomic E-state index is 5.55. The van der Waals surface area contributed by atoms with Crippen LogP contribution in [0.5, 0.6) is 5.75 Å². The van der Waals surface area contributed by atoms with Crippen molar-refractivity contribution >= 4 is 22.6 Å². The minimum atomic E-state index is 0.536. The van der Waals surface area contributed by atoms with E-state index < -0.39 is 0 Å². The third-order valence-electron chi connectivity index (χ3n) is 1.97. The van der Waals surface area contributed by atoms with E-state index in [1.54, 1.807) is 6.08 Å². The molecule has 0 unspecified atom stereocenters. The molecule has 0 fully saturated rings. The lowest BCUT2D eigenvalue weighted by atomic mass is 10.0. The Bertz CT molecular complexity index is 318. The third-order valence-corrected chi connectivity index (χ3v) is 3.13. The van der Waals surface area contributed by atoms with Crippen molar-refractivity contribution in [3.05, 3.63) is 40.0 Å². The second-order valence-corrected chi connectivity index (χ2v) is 4.49. The molecule has 0 saturated heterocycles. The van der Waals surface area contributed by atoms with Crippen molar-refractivity contribution in [1.29, 1.82) is 0 Å². The predicted octanol–water partition coefficient (Wildman–Crippen LogP) is 3.98. The summed E-state index contributed by atoms with van der Waals surface area (Å²) in [5.74, 6) is 1.49. The number of ether oxygens (including phenoxy) is 1. The van der Waals surface area contributed by atoms with E-state index in [2.05, 4.69) is 49.1 Å². The van der Waals surface area contributed by atoms with Crippen molar-refractivity contribution in [2.45, 2.75) is 19.8 Å². The molecule has 0 aliphatic carbocycles. The average molecular weight is 302 g/mol. The molecule has 0 bridgehead atoms. The smallest absolute Gasteiger partial charge is 0.133 e. The molecule has 0 aliphatic rings. The fourth-order valence-corrected chi connectivity index (χ4v) is 2.37. The Kier molecular flexibility index (Phi) is 4.45. The molecule has 1 rings (SSSR count). The van der Waals surface area contributed by atoms with Crippen molar-refractivity contribution in [3.63, 3.8) is 0 Å². The zero-order valence-corrected chi connectivity index (χ0v) is 10.7. The van der Waals surface area contributed by atoms with E-state index in [1.807, 2.05) is 12.1 Å². The lowest BCUT2D eigenvalue weighted by Crippen LogP contribution is -1.99. The molecule has 0 amide bonds. The number of rotatable bonds is 4. The van der Waals surface area contributed by atoms with E-state index in [9.17, 15) is 0 Å². The van der Waals surface area contributed by atoms with Crippen molar-refractivity contribution < 1.29 is 4.74 Å². The van der Waals surface area contributed by atoms with E-state index in [0.29, 0.717) is 12.5 Å². The van der Waals surface area contributed by atoms with Gasteiger partial charge in [-0.25, -0.2) is 0 Å². The lowest BCUT2D eigenvalue weighted by molar-refractivity contribution is 0.360. The SMILES string of the molecule is C=CCOc1cccc(C(C)C)c1I. The first-order valence-corrected chi connectivity index (χ1v) is 5.76. The van der Waals surface area contributed by atoms with Gasteiger partial charge in [-0.15, -0.1) is 0 Å². The Hall–Kier alpha value is -0.510. The maximum Gasteiger partial charge on any atom is 0.133 e. The Morgan fingerprint density at radius 1 is 1.50 bits per heavy atom. The van der Waals surface area contributed by atoms with Gasteiger partial charge in [-0.2, -0.15) is 0 Å². The molecular weight excluding hydrogens is 287 g/mol. The molecule has 0 radical (unpaired) electrons. The second-order valence-electron chi connectivity index (χ2n) is 3.41. The van der Waals surface area contributed by atoms with E-state index in [1.165, 1.54) is 9.13 Å². The first-order chi connectivity index (χ1) is 6.66. The molecule has 0 aliphatic heterocycles. The number of hydrogen-bond acceptors (Lipinski definition) is 1. The highest BCUT2D eigenvalue weighted by Crippen LogP contribution is 2.29. The summed E-state index contributed by atoms with van der Waals surface area (Å²) in [5.41, 5.74) is 1.34. The molecule has 1 aromatic carbocycles. The van der Waals surface area contributed by atoms with Crippen molar-refractivity contribution in [2.75, 3.05) is 6.61 Å². The Balaban J connectivity index is 2.95. The van der Waals surface area contributed by atoms with Crippen LogP contribution in [-0.4, -0.2) is 6.61 Å². The Morgan fingerprint density at radius 3 is 2.79 bits per heavy atom. The van der Waals surface area contributed by atoms with Gasteiger partial charge >= 0.3 is 0 Å². The summed E-state index contributed by atoms with van der Waals surface area (Å²) < 4.78 is 6.76. The molecule has 0 N–H and O–H groups in total. The Labute approximate surface area is 99.3 Å². The molecule has 1 aromatic rings. The minimum Gasteiger partial charge on any atom is -0.488 e. The van der Waals surface area contributed by atoms with Gasteiger partial charge in [-0.3, -0.25) is 0 Å². The highest BCUT2D eigenvalue weighted by molar-refractivity contribution is 14.1. The van der Waals surface area contributed by atoms with Crippen LogP contribution in [0.15, 0.2) is 30.9 Å². The van der Waals surface area contributed by atoms with Crippen LogP contribution in [0.3, 0.4) is 0 Å². The van der Waals surface area contributed by atoms with Crippen LogP contribution in [0, 0.1) is 3.57 Å². The summed E-state index contributed by atoms with van der Waals surface area (Å²) in [5, 5.41) is 0. The first kappa shape index (κ1) is 11.6. The minimum absolute atomic E-state index is 0.536. The van der Waals surface area contributed by atoms with Crippen molar-refractivity contribution in [2.24, 2.45) is 0 Å². The summed E-state index contributed by atoms with van der Waals surface area (Å²) >= 11 is 2.34. The highest BCUT2D eigenvalue weighted by Gasteiger charge is 2.08. The van der Waals surface area contributed by atoms with E-state index >= 15 is 0 Å². The van der Waals surface area contributed by atoms with Gasteiger partial charge in [0.25, 0.3) is 0 Å². The molecule has 0 atom stereocenters. The summed E-state index contributed by atoms with van der Waals surface area (Å²) in [6.45, 7) is 8.58. The maximum atomic E-state index is 5.55. The first-order valence-electron chi connectivity index (χ1n) is 4.69. The summed E-state index contributed by atoms with van der Waals surface area (Å²) in [6, 6.07) is 6.18. The number of benzene rings is 1. The van der Waals surface area contributed by atoms with Crippen LogP contribution >= 0.6 is 22.6 Å². The molecule has 0 aromatic heterocycles. The summed E-state index contributed by atoms with van der Waals surface area (Å²) in [6.07, 6.45) is 1.76. The zero-order valence-electron chi connectivity index (χ0n) is 8.59. The molecule has 0 heterocycles. The third kappa shape index (κ3) is 2.74. The van der Waals surface area contributed by atoms with Crippen molar-refractivity contribution in [1.82, 2.24) is 0 Å². The molecule has 76 valence electrons. The molecule has 1 nitrogen and oxygen atoms in total. The van der Waals surface area contributed by atoms with Gasteiger partial charge in [0.2, 0.25) is 0 Å². The van der Waals surface area contributed by atoms with Crippen LogP contribution in [0.25, 0.3) is 0 Å². The molecule has 0 saturated carbocycles. The normalized spacial score (nSPS) is 10.3. The van der Waals surface area contributed by atoms with E-state index in [-0.39, 0.29) is 0 Å². The van der Waals surface area contributed by atoms with Crippen molar-refractivity contribution in [3.8, 4) is 5.75 Å². The standard InChI is InChI=1S/C12H15IO/c1-4-8-14-11-7-5-6-10(9(2)3)12(11)13/h4-7,9H,1,8H2,2-3H3. The fraction of sp³-hybridized carbons (Fsp3) is 0.333. The van der Waals surface area contributed by atoms with Gasteiger partial charge in [-0.1, -0.05) is 38.6 Å². The monoisotopic (exact) mass is 302 g/mol. The predicted molar refractivity (Wildman–Crippen MR) is 68.9 cm³/mol. The number of halogens is 1. The highest BCUT2D eigenvalue weighted by atomic mass is 127. The molecule has 0 spiro atoms. The zero-order chi connectivity index (χ0) is 10.6. The largest absolute Gasteiger partial charge is 0.488 e. The Morgan fingerprint density at radius 2 is 2.21 bits per heavy atom. The van der Waals surface area contributed by atoms with Gasteiger partial charge in [0.05, 0.1) is 3.57 Å². The van der Waals surface area contributed by atoms with Crippen LogP contribution in [-0.2, 0) is 0 Å². The lowest BCUT2D eigenvalue weighted by Gasteiger charge is -2.12. The van der Waals surface area contributed by atoms with Crippen LogP contribution in [0.1, 0.15) is 25.3 Å². The van der Waals surface area contributed by atoms with Crippen LogP contribution in [0.4, 0.5) is 0 Å². The second kappa shape index (κ2) is 5.39. The fourth-order valence-electron chi connectivity index (χ4n) is 1.23. The molecular formula is C12H15IO. The summed E-state index contributed by atoms with van der Waals surface area (Å²) in [4.78, 5) is 0. The van der Waals surface area contributed by atoms with Gasteiger partial charge in [0.15, 0.2) is 0 Å². The number of hydrogen-bond donors (Lipinski definition) is 0. The topological polar surface area (TPSA) is 9.23 Å². The van der Waals surface area contributed by atoms with Gasteiger partial charge in [0.1, 0.15) is 12.4 Å². The average Bonchev–Trinajstić information content (AvgIpc) is 2.16. The van der Waals surface area contributed by atoms with Gasteiger partial charge in [-0.05, 0) is 40.1 Å². The molecule has 14 heavy (non-hydrogen) atoms. The van der Waals surface area contributed by atoms with Gasteiger partial charge in [0, 0.05) is 0 Å². The van der Waals surface area contributed by atoms with E-state index in [0.717, 1.165) is 5.75 Å². The van der Waals surface area contributed by atoms with Crippen LogP contribution in [0.2, 0.25) is 0 Å². The molecule has 2 heteroatoms. The van der Waals surface area contributed by atoms with E-state index in [4.69, 9.17) is 4.74 Å². The van der Waals surface area contributed by atoms with Gasteiger partial charge < -0.3 is 4.74 Å². The summed E-state index contributed by atoms with van der Waals surface area (Å²) in [7, 11) is 0.